The topological polar surface area (TPSA) is 74.8 Å². The standard InChI is InChI=1S/C4H8N4S/c5-3-1-9-2-4(3)7-8-6/h3-4H,1-2,5H2/t3-,4-/m1/s1. The van der Waals surface area contributed by atoms with Gasteiger partial charge in [0.15, 0.2) is 0 Å². The van der Waals surface area contributed by atoms with Crippen LogP contribution in [0.15, 0.2) is 5.11 Å². The molecule has 9 heavy (non-hydrogen) atoms. The molecular formula is C4H8N4S. The van der Waals surface area contributed by atoms with Crippen molar-refractivity contribution in [2.45, 2.75) is 12.1 Å². The van der Waals surface area contributed by atoms with E-state index in [1.807, 2.05) is 0 Å². The second-order valence-electron chi connectivity index (χ2n) is 1.97. The van der Waals surface area contributed by atoms with Gasteiger partial charge in [-0.1, -0.05) is 5.11 Å². The van der Waals surface area contributed by atoms with Crippen molar-refractivity contribution in [2.24, 2.45) is 10.8 Å². The molecule has 0 unspecified atom stereocenters. The highest BCUT2D eigenvalue weighted by Gasteiger charge is 2.22. The highest BCUT2D eigenvalue weighted by molar-refractivity contribution is 7.99. The van der Waals surface area contributed by atoms with Crippen LogP contribution in [0.4, 0.5) is 0 Å². The van der Waals surface area contributed by atoms with Gasteiger partial charge in [-0.05, 0) is 5.53 Å². The van der Waals surface area contributed by atoms with Crippen LogP contribution < -0.4 is 5.73 Å². The second-order valence-corrected chi connectivity index (χ2v) is 3.05. The average Bonchev–Trinajstić information content (AvgIpc) is 2.18. The molecule has 5 heteroatoms. The number of thioether (sulfide) groups is 1. The minimum Gasteiger partial charge on any atom is -0.327 e. The number of rotatable bonds is 1. The van der Waals surface area contributed by atoms with Crippen LogP contribution in [-0.2, 0) is 0 Å². The summed E-state index contributed by atoms with van der Waals surface area (Å²) < 4.78 is 0. The fourth-order valence-corrected chi connectivity index (χ4v) is 1.93. The van der Waals surface area contributed by atoms with Crippen molar-refractivity contribution in [1.29, 1.82) is 0 Å². The van der Waals surface area contributed by atoms with Crippen LogP contribution in [0.5, 0.6) is 0 Å². The summed E-state index contributed by atoms with van der Waals surface area (Å²) >= 11 is 1.74. The van der Waals surface area contributed by atoms with Crippen LogP contribution in [0, 0.1) is 0 Å². The summed E-state index contributed by atoms with van der Waals surface area (Å²) in [5.41, 5.74) is 13.6. The normalized spacial score (nSPS) is 33.9. The molecule has 1 aliphatic rings. The van der Waals surface area contributed by atoms with E-state index < -0.39 is 0 Å². The summed E-state index contributed by atoms with van der Waals surface area (Å²) in [7, 11) is 0. The molecule has 0 aromatic carbocycles. The summed E-state index contributed by atoms with van der Waals surface area (Å²) in [6, 6.07) is 0.103. The van der Waals surface area contributed by atoms with Gasteiger partial charge >= 0.3 is 0 Å². The van der Waals surface area contributed by atoms with Crippen LogP contribution >= 0.6 is 11.8 Å². The van der Waals surface area contributed by atoms with Gasteiger partial charge in [0.05, 0.1) is 6.04 Å². The number of azide groups is 1. The van der Waals surface area contributed by atoms with Crippen molar-refractivity contribution in [3.8, 4) is 0 Å². The van der Waals surface area contributed by atoms with Crippen molar-refractivity contribution in [3.05, 3.63) is 10.4 Å². The molecule has 1 heterocycles. The van der Waals surface area contributed by atoms with Crippen LogP contribution in [0.25, 0.3) is 10.4 Å². The predicted octanol–water partition coefficient (Wildman–Crippen LogP) is 0.739. The molecule has 0 saturated carbocycles. The van der Waals surface area contributed by atoms with E-state index in [9.17, 15) is 0 Å². The number of nitrogens with zero attached hydrogens (tertiary/aromatic N) is 3. The van der Waals surface area contributed by atoms with Crippen molar-refractivity contribution < 1.29 is 0 Å². The molecule has 0 bridgehead atoms. The summed E-state index contributed by atoms with van der Waals surface area (Å²) in [5.74, 6) is 1.80. The Morgan fingerprint density at radius 3 is 2.89 bits per heavy atom. The smallest absolute Gasteiger partial charge is 0.0623 e. The third kappa shape index (κ3) is 1.51. The number of hydrogen-bond donors (Lipinski definition) is 1. The first-order valence-corrected chi connectivity index (χ1v) is 3.87. The molecule has 0 aromatic rings. The molecular weight excluding hydrogens is 136 g/mol. The Bertz CT molecular complexity index is 142. The molecule has 2 atom stereocenters. The molecule has 0 aliphatic carbocycles. The van der Waals surface area contributed by atoms with Crippen LogP contribution in [0.1, 0.15) is 0 Å². The van der Waals surface area contributed by atoms with Crippen molar-refractivity contribution in [3.63, 3.8) is 0 Å². The highest BCUT2D eigenvalue weighted by atomic mass is 32.2. The van der Waals surface area contributed by atoms with Crippen LogP contribution in [0.3, 0.4) is 0 Å². The van der Waals surface area contributed by atoms with E-state index in [0.29, 0.717) is 0 Å². The highest BCUT2D eigenvalue weighted by Crippen LogP contribution is 2.18. The molecule has 0 aromatic heterocycles. The third-order valence-electron chi connectivity index (χ3n) is 1.29. The largest absolute Gasteiger partial charge is 0.327 e. The SMILES string of the molecule is [N-]=[N+]=N[C@@H]1CSC[C@H]1N. The quantitative estimate of drug-likeness (QED) is 0.335. The monoisotopic (exact) mass is 144 g/mol. The summed E-state index contributed by atoms with van der Waals surface area (Å²) in [6.45, 7) is 0. The summed E-state index contributed by atoms with van der Waals surface area (Å²) in [5, 5.41) is 3.54. The molecule has 4 nitrogen and oxygen atoms in total. The van der Waals surface area contributed by atoms with Gasteiger partial charge in [-0.25, -0.2) is 0 Å². The summed E-state index contributed by atoms with van der Waals surface area (Å²) in [6.07, 6.45) is 0. The maximum atomic E-state index is 8.04. The maximum absolute atomic E-state index is 8.04. The molecule has 1 rings (SSSR count). The van der Waals surface area contributed by atoms with Gasteiger partial charge in [0.25, 0.3) is 0 Å². The van der Waals surface area contributed by atoms with E-state index in [1.54, 1.807) is 11.8 Å². The number of nitrogens with two attached hydrogens (primary N) is 1. The van der Waals surface area contributed by atoms with Gasteiger partial charge in [-0.2, -0.15) is 11.8 Å². The fraction of sp³-hybridized carbons (Fsp3) is 1.00. The van der Waals surface area contributed by atoms with E-state index in [2.05, 4.69) is 10.0 Å². The lowest BCUT2D eigenvalue weighted by Gasteiger charge is -2.04. The van der Waals surface area contributed by atoms with E-state index in [0.717, 1.165) is 11.5 Å². The van der Waals surface area contributed by atoms with E-state index >= 15 is 0 Å². The van der Waals surface area contributed by atoms with Crippen molar-refractivity contribution in [2.75, 3.05) is 11.5 Å². The van der Waals surface area contributed by atoms with Gasteiger partial charge < -0.3 is 5.73 Å². The third-order valence-corrected chi connectivity index (χ3v) is 2.49. The van der Waals surface area contributed by atoms with Gasteiger partial charge in [-0.3, -0.25) is 0 Å². The molecule has 2 N–H and O–H groups in total. The maximum Gasteiger partial charge on any atom is 0.0623 e. The minimum absolute atomic E-state index is 0.0278. The first-order valence-electron chi connectivity index (χ1n) is 2.72. The molecule has 0 amide bonds. The Hall–Kier alpha value is -0.380. The summed E-state index contributed by atoms with van der Waals surface area (Å²) in [4.78, 5) is 2.70. The Labute approximate surface area is 57.4 Å². The van der Waals surface area contributed by atoms with E-state index in [-0.39, 0.29) is 12.1 Å². The first-order chi connectivity index (χ1) is 4.34. The van der Waals surface area contributed by atoms with Crippen molar-refractivity contribution >= 4 is 11.8 Å². The fourth-order valence-electron chi connectivity index (χ4n) is 0.745. The average molecular weight is 144 g/mol. The lowest BCUT2D eigenvalue weighted by atomic mass is 10.2. The second kappa shape index (κ2) is 2.96. The zero-order valence-electron chi connectivity index (χ0n) is 4.90. The predicted molar refractivity (Wildman–Crippen MR) is 38.2 cm³/mol. The molecule has 50 valence electrons. The van der Waals surface area contributed by atoms with Gasteiger partial charge in [-0.15, -0.1) is 0 Å². The molecule has 1 fully saturated rings. The Balaban J connectivity index is 2.49. The lowest BCUT2D eigenvalue weighted by Crippen LogP contribution is -2.30. The molecule has 0 spiro atoms. The zero-order valence-corrected chi connectivity index (χ0v) is 5.71. The van der Waals surface area contributed by atoms with Crippen LogP contribution in [-0.4, -0.2) is 23.6 Å². The Morgan fingerprint density at radius 2 is 2.44 bits per heavy atom. The number of hydrogen-bond acceptors (Lipinski definition) is 3. The lowest BCUT2D eigenvalue weighted by molar-refractivity contribution is 0.638. The van der Waals surface area contributed by atoms with Crippen molar-refractivity contribution in [1.82, 2.24) is 0 Å². The van der Waals surface area contributed by atoms with E-state index in [4.69, 9.17) is 11.3 Å². The molecule has 1 aliphatic heterocycles. The Kier molecular flexibility index (Phi) is 2.22. The Morgan fingerprint density at radius 1 is 1.67 bits per heavy atom. The van der Waals surface area contributed by atoms with E-state index in [1.165, 1.54) is 0 Å². The zero-order chi connectivity index (χ0) is 6.69. The van der Waals surface area contributed by atoms with Gasteiger partial charge in [0.2, 0.25) is 0 Å². The van der Waals surface area contributed by atoms with Gasteiger partial charge in [0.1, 0.15) is 0 Å². The first kappa shape index (κ1) is 6.74. The molecule has 0 radical (unpaired) electrons. The molecule has 1 saturated heterocycles. The van der Waals surface area contributed by atoms with Crippen LogP contribution in [0.2, 0.25) is 0 Å². The minimum atomic E-state index is 0.0278. The van der Waals surface area contributed by atoms with Gasteiger partial charge in [0, 0.05) is 22.5 Å².